The molecule has 28 heavy (non-hydrogen) atoms. The quantitative estimate of drug-likeness (QED) is 0.635. The zero-order valence-corrected chi connectivity index (χ0v) is 16.7. The average molecular weight is 374 g/mol. The first-order valence-corrected chi connectivity index (χ1v) is 9.67. The van der Waals surface area contributed by atoms with Gasteiger partial charge in [-0.15, -0.1) is 0 Å². The second-order valence-corrected chi connectivity index (χ2v) is 7.22. The molecule has 0 aliphatic carbocycles. The van der Waals surface area contributed by atoms with Crippen LogP contribution in [0.15, 0.2) is 79.0 Å². The number of rotatable bonds is 7. The van der Waals surface area contributed by atoms with Crippen LogP contribution in [0.5, 0.6) is 0 Å². The van der Waals surface area contributed by atoms with E-state index < -0.39 is 0 Å². The van der Waals surface area contributed by atoms with E-state index in [1.165, 1.54) is 5.56 Å². The Bertz CT molecular complexity index is 894. The number of benzene rings is 2. The van der Waals surface area contributed by atoms with Crippen LogP contribution in [-0.4, -0.2) is 16.9 Å². The first-order valence-electron chi connectivity index (χ1n) is 9.67. The van der Waals surface area contributed by atoms with Gasteiger partial charge >= 0.3 is 0 Å². The van der Waals surface area contributed by atoms with Gasteiger partial charge in [0.15, 0.2) is 0 Å². The SMILES string of the molecule is CC(NC(=O)c1ccnc(N(Cc2ccccc2)C(C)C)c1)c1ccccc1. The van der Waals surface area contributed by atoms with Gasteiger partial charge < -0.3 is 10.2 Å². The molecule has 144 valence electrons. The largest absolute Gasteiger partial charge is 0.350 e. The third kappa shape index (κ3) is 4.97. The van der Waals surface area contributed by atoms with E-state index in [2.05, 4.69) is 41.2 Å². The number of hydrogen-bond acceptors (Lipinski definition) is 3. The van der Waals surface area contributed by atoms with Crippen LogP contribution in [0.25, 0.3) is 0 Å². The van der Waals surface area contributed by atoms with Gasteiger partial charge in [0.1, 0.15) is 5.82 Å². The van der Waals surface area contributed by atoms with Gasteiger partial charge in [-0.25, -0.2) is 4.98 Å². The van der Waals surface area contributed by atoms with Crippen molar-refractivity contribution in [2.24, 2.45) is 0 Å². The van der Waals surface area contributed by atoms with Crippen molar-refractivity contribution in [2.45, 2.75) is 39.4 Å². The highest BCUT2D eigenvalue weighted by atomic mass is 16.1. The summed E-state index contributed by atoms with van der Waals surface area (Å²) in [5.41, 5.74) is 2.91. The molecular weight excluding hydrogens is 346 g/mol. The zero-order valence-electron chi connectivity index (χ0n) is 16.7. The van der Waals surface area contributed by atoms with E-state index in [-0.39, 0.29) is 18.0 Å². The number of aromatic nitrogens is 1. The molecule has 0 aliphatic heterocycles. The van der Waals surface area contributed by atoms with Crippen molar-refractivity contribution in [1.29, 1.82) is 0 Å². The summed E-state index contributed by atoms with van der Waals surface area (Å²) in [7, 11) is 0. The molecule has 1 amide bonds. The summed E-state index contributed by atoms with van der Waals surface area (Å²) in [5, 5.41) is 3.07. The van der Waals surface area contributed by atoms with Crippen LogP contribution in [0.3, 0.4) is 0 Å². The minimum absolute atomic E-state index is 0.0594. The summed E-state index contributed by atoms with van der Waals surface area (Å²) in [6.07, 6.45) is 1.71. The zero-order chi connectivity index (χ0) is 19.9. The molecule has 1 heterocycles. The Kier molecular flexibility index (Phi) is 6.43. The molecule has 1 unspecified atom stereocenters. The van der Waals surface area contributed by atoms with Crippen molar-refractivity contribution in [1.82, 2.24) is 10.3 Å². The third-order valence-electron chi connectivity index (χ3n) is 4.77. The summed E-state index contributed by atoms with van der Waals surface area (Å²) < 4.78 is 0. The van der Waals surface area contributed by atoms with Crippen LogP contribution < -0.4 is 10.2 Å². The number of hydrogen-bond donors (Lipinski definition) is 1. The third-order valence-corrected chi connectivity index (χ3v) is 4.77. The number of pyridine rings is 1. The predicted octanol–water partition coefficient (Wildman–Crippen LogP) is 4.99. The van der Waals surface area contributed by atoms with Crippen LogP contribution in [0.1, 0.15) is 48.3 Å². The maximum atomic E-state index is 12.8. The fourth-order valence-electron chi connectivity index (χ4n) is 3.13. The number of nitrogens with zero attached hydrogens (tertiary/aromatic N) is 2. The second kappa shape index (κ2) is 9.18. The highest BCUT2D eigenvalue weighted by Crippen LogP contribution is 2.20. The van der Waals surface area contributed by atoms with E-state index in [1.54, 1.807) is 12.3 Å². The minimum Gasteiger partial charge on any atom is -0.350 e. The molecular formula is C24H27N3O. The predicted molar refractivity (Wildman–Crippen MR) is 114 cm³/mol. The summed E-state index contributed by atoms with van der Waals surface area (Å²) in [6.45, 7) is 7.01. The number of anilines is 1. The van der Waals surface area contributed by atoms with Crippen LogP contribution in [-0.2, 0) is 6.54 Å². The maximum absolute atomic E-state index is 12.8. The number of amides is 1. The highest BCUT2D eigenvalue weighted by molar-refractivity contribution is 5.95. The fourth-order valence-corrected chi connectivity index (χ4v) is 3.13. The molecule has 3 rings (SSSR count). The van der Waals surface area contributed by atoms with Crippen LogP contribution in [0.2, 0.25) is 0 Å². The van der Waals surface area contributed by atoms with Crippen molar-refractivity contribution in [3.63, 3.8) is 0 Å². The van der Waals surface area contributed by atoms with Gasteiger partial charge in [0.2, 0.25) is 0 Å². The van der Waals surface area contributed by atoms with Gasteiger partial charge in [-0.3, -0.25) is 4.79 Å². The Balaban J connectivity index is 1.77. The van der Waals surface area contributed by atoms with E-state index >= 15 is 0 Å². The molecule has 0 bridgehead atoms. The van der Waals surface area contributed by atoms with E-state index in [1.807, 2.05) is 61.5 Å². The smallest absolute Gasteiger partial charge is 0.251 e. The Hall–Kier alpha value is -3.14. The van der Waals surface area contributed by atoms with Gasteiger partial charge in [0.25, 0.3) is 5.91 Å². The molecule has 0 spiro atoms. The average Bonchev–Trinajstić information content (AvgIpc) is 2.73. The molecule has 4 heteroatoms. The van der Waals surface area contributed by atoms with Crippen molar-refractivity contribution in [3.8, 4) is 0 Å². The Labute approximate surface area is 167 Å². The minimum atomic E-state index is -0.0941. The molecule has 1 aromatic heterocycles. The first kappa shape index (κ1) is 19.6. The molecule has 0 fully saturated rings. The Morgan fingerprint density at radius 2 is 1.61 bits per heavy atom. The lowest BCUT2D eigenvalue weighted by Crippen LogP contribution is -2.31. The maximum Gasteiger partial charge on any atom is 0.251 e. The topological polar surface area (TPSA) is 45.2 Å². The first-order chi connectivity index (χ1) is 13.5. The van der Waals surface area contributed by atoms with Gasteiger partial charge in [-0.2, -0.15) is 0 Å². The van der Waals surface area contributed by atoms with Gasteiger partial charge in [-0.1, -0.05) is 60.7 Å². The molecule has 3 aromatic rings. The summed E-state index contributed by atoms with van der Waals surface area (Å²) >= 11 is 0. The summed E-state index contributed by atoms with van der Waals surface area (Å²) in [6, 6.07) is 24.1. The number of carbonyl (C=O) groups is 1. The Morgan fingerprint density at radius 1 is 0.964 bits per heavy atom. The van der Waals surface area contributed by atoms with E-state index in [4.69, 9.17) is 0 Å². The van der Waals surface area contributed by atoms with E-state index in [9.17, 15) is 4.79 Å². The van der Waals surface area contributed by atoms with Crippen LogP contribution in [0, 0.1) is 0 Å². The molecule has 4 nitrogen and oxygen atoms in total. The highest BCUT2D eigenvalue weighted by Gasteiger charge is 2.16. The Morgan fingerprint density at radius 3 is 2.25 bits per heavy atom. The molecule has 0 radical (unpaired) electrons. The van der Waals surface area contributed by atoms with Crippen molar-refractivity contribution in [3.05, 3.63) is 95.7 Å². The molecule has 2 aromatic carbocycles. The lowest BCUT2D eigenvalue weighted by Gasteiger charge is -2.28. The second-order valence-electron chi connectivity index (χ2n) is 7.22. The van der Waals surface area contributed by atoms with Gasteiger partial charge in [-0.05, 0) is 44.0 Å². The van der Waals surface area contributed by atoms with Gasteiger partial charge in [0, 0.05) is 24.3 Å². The van der Waals surface area contributed by atoms with Gasteiger partial charge in [0.05, 0.1) is 6.04 Å². The van der Waals surface area contributed by atoms with Crippen LogP contribution in [0.4, 0.5) is 5.82 Å². The number of nitrogens with one attached hydrogen (secondary N) is 1. The van der Waals surface area contributed by atoms with Crippen molar-refractivity contribution in [2.75, 3.05) is 4.90 Å². The fraction of sp³-hybridized carbons (Fsp3) is 0.250. The molecule has 0 saturated heterocycles. The van der Waals surface area contributed by atoms with Crippen LogP contribution >= 0.6 is 0 Å². The molecule has 0 aliphatic rings. The molecule has 1 N–H and O–H groups in total. The van der Waals surface area contributed by atoms with E-state index in [0.717, 1.165) is 17.9 Å². The monoisotopic (exact) mass is 373 g/mol. The molecule has 0 saturated carbocycles. The lowest BCUT2D eigenvalue weighted by molar-refractivity contribution is 0.0940. The van der Waals surface area contributed by atoms with Crippen molar-refractivity contribution >= 4 is 11.7 Å². The molecule has 1 atom stereocenters. The summed E-state index contributed by atoms with van der Waals surface area (Å²) in [5.74, 6) is 0.710. The van der Waals surface area contributed by atoms with E-state index in [0.29, 0.717) is 5.56 Å². The lowest BCUT2D eigenvalue weighted by atomic mass is 10.1. The standard InChI is InChI=1S/C24H27N3O/c1-18(2)27(17-20-10-6-4-7-11-20)23-16-22(14-15-25-23)24(28)26-19(3)21-12-8-5-9-13-21/h4-16,18-19H,17H2,1-3H3,(H,26,28). The van der Waals surface area contributed by atoms with Crippen molar-refractivity contribution < 1.29 is 4.79 Å². The summed E-state index contributed by atoms with van der Waals surface area (Å²) in [4.78, 5) is 19.5. The normalized spacial score (nSPS) is 11.9. The number of carbonyl (C=O) groups excluding carboxylic acids is 1.